The van der Waals surface area contributed by atoms with Crippen molar-refractivity contribution in [3.63, 3.8) is 0 Å². The zero-order valence-corrected chi connectivity index (χ0v) is 10.1. The van der Waals surface area contributed by atoms with Crippen LogP contribution in [-0.4, -0.2) is 79.6 Å². The van der Waals surface area contributed by atoms with Crippen molar-refractivity contribution in [3.05, 3.63) is 0 Å². The molecule has 92 valence electrons. The van der Waals surface area contributed by atoms with Gasteiger partial charge in [-0.05, 0) is 6.54 Å². The van der Waals surface area contributed by atoms with Gasteiger partial charge in [-0.1, -0.05) is 6.92 Å². The SMILES string of the molecule is CCN1CCNCCN2CCN(CC1)C2=O. The standard InChI is InChI=1S/C11H22N4O/c1-2-13-5-3-12-4-6-14-9-10-15(8-7-13)11(14)16/h12H,2-10H2,1H3. The van der Waals surface area contributed by atoms with E-state index in [1.165, 1.54) is 0 Å². The van der Waals surface area contributed by atoms with Crippen molar-refractivity contribution < 1.29 is 4.79 Å². The third kappa shape index (κ3) is 2.65. The lowest BCUT2D eigenvalue weighted by molar-refractivity contribution is 0.186. The molecule has 0 unspecified atom stereocenters. The number of rotatable bonds is 1. The maximum atomic E-state index is 11.9. The highest BCUT2D eigenvalue weighted by molar-refractivity contribution is 5.76. The maximum absolute atomic E-state index is 11.9. The summed E-state index contributed by atoms with van der Waals surface area (Å²) in [5.41, 5.74) is 0. The van der Waals surface area contributed by atoms with Gasteiger partial charge in [-0.25, -0.2) is 4.79 Å². The quantitative estimate of drug-likeness (QED) is 0.664. The maximum Gasteiger partial charge on any atom is 0.320 e. The molecule has 2 amide bonds. The van der Waals surface area contributed by atoms with Crippen molar-refractivity contribution in [1.29, 1.82) is 0 Å². The second-order valence-corrected chi connectivity index (χ2v) is 4.44. The Hall–Kier alpha value is -0.810. The highest BCUT2D eigenvalue weighted by atomic mass is 16.2. The average Bonchev–Trinajstić information content (AvgIpc) is 2.60. The van der Waals surface area contributed by atoms with Crippen molar-refractivity contribution in [1.82, 2.24) is 20.0 Å². The van der Waals surface area contributed by atoms with Crippen LogP contribution in [0.1, 0.15) is 6.92 Å². The van der Waals surface area contributed by atoms with Crippen LogP contribution < -0.4 is 5.32 Å². The topological polar surface area (TPSA) is 38.8 Å². The predicted octanol–water partition coefficient (Wildman–Crippen LogP) is -0.351. The first kappa shape index (κ1) is 11.7. The summed E-state index contributed by atoms with van der Waals surface area (Å²) >= 11 is 0. The number of amides is 2. The lowest BCUT2D eigenvalue weighted by Gasteiger charge is -2.23. The van der Waals surface area contributed by atoms with Gasteiger partial charge >= 0.3 is 6.03 Å². The van der Waals surface area contributed by atoms with Gasteiger partial charge in [0.15, 0.2) is 0 Å². The summed E-state index contributed by atoms with van der Waals surface area (Å²) in [5.74, 6) is 0. The molecule has 2 aliphatic rings. The number of nitrogens with zero attached hydrogens (tertiary/aromatic N) is 3. The van der Waals surface area contributed by atoms with Crippen LogP contribution in [0, 0.1) is 0 Å². The molecule has 2 heterocycles. The van der Waals surface area contributed by atoms with Crippen LogP contribution in [0.4, 0.5) is 4.79 Å². The molecule has 1 N–H and O–H groups in total. The summed E-state index contributed by atoms with van der Waals surface area (Å²) in [6, 6.07) is 0.222. The molecule has 2 aliphatic heterocycles. The number of hydrogen-bond acceptors (Lipinski definition) is 3. The second kappa shape index (κ2) is 5.50. The number of nitrogens with one attached hydrogen (secondary N) is 1. The molecule has 0 aromatic rings. The van der Waals surface area contributed by atoms with Crippen LogP contribution in [0.5, 0.6) is 0 Å². The Balaban J connectivity index is 1.95. The van der Waals surface area contributed by atoms with E-state index in [0.717, 1.165) is 58.9 Å². The molecule has 0 aromatic carbocycles. The monoisotopic (exact) mass is 226 g/mol. The summed E-state index contributed by atoms with van der Waals surface area (Å²) in [6.07, 6.45) is 0. The van der Waals surface area contributed by atoms with Crippen molar-refractivity contribution in [2.24, 2.45) is 0 Å². The number of fused-ring (bicyclic) bond motifs is 2. The number of carbonyl (C=O) groups is 1. The molecule has 0 radical (unpaired) electrons. The Bertz CT molecular complexity index is 246. The Morgan fingerprint density at radius 1 is 1.00 bits per heavy atom. The Kier molecular flexibility index (Phi) is 4.01. The average molecular weight is 226 g/mol. The number of carbonyl (C=O) groups excluding carboxylic acids is 1. The van der Waals surface area contributed by atoms with E-state index in [1.54, 1.807) is 0 Å². The van der Waals surface area contributed by atoms with Crippen LogP contribution in [0.2, 0.25) is 0 Å². The summed E-state index contributed by atoms with van der Waals surface area (Å²) in [6.45, 7) is 10.8. The zero-order chi connectivity index (χ0) is 11.4. The van der Waals surface area contributed by atoms with Crippen molar-refractivity contribution in [2.45, 2.75) is 6.92 Å². The smallest absolute Gasteiger partial charge is 0.320 e. The molecule has 0 spiro atoms. The molecular weight excluding hydrogens is 204 g/mol. The zero-order valence-electron chi connectivity index (χ0n) is 10.1. The van der Waals surface area contributed by atoms with Crippen LogP contribution >= 0.6 is 0 Å². The van der Waals surface area contributed by atoms with E-state index < -0.39 is 0 Å². The first-order valence-corrected chi connectivity index (χ1v) is 6.28. The van der Waals surface area contributed by atoms with Crippen molar-refractivity contribution >= 4 is 6.03 Å². The fourth-order valence-electron chi connectivity index (χ4n) is 2.31. The van der Waals surface area contributed by atoms with Gasteiger partial charge in [0.1, 0.15) is 0 Å². The molecule has 0 saturated carbocycles. The molecule has 2 saturated heterocycles. The fourth-order valence-corrected chi connectivity index (χ4v) is 2.31. The minimum absolute atomic E-state index is 0.222. The normalized spacial score (nSPS) is 24.7. The minimum atomic E-state index is 0.222. The van der Waals surface area contributed by atoms with E-state index in [2.05, 4.69) is 17.1 Å². The Morgan fingerprint density at radius 3 is 2.38 bits per heavy atom. The third-order valence-electron chi connectivity index (χ3n) is 3.48. The van der Waals surface area contributed by atoms with E-state index in [9.17, 15) is 4.79 Å². The van der Waals surface area contributed by atoms with Crippen LogP contribution in [0.3, 0.4) is 0 Å². The molecule has 0 aliphatic carbocycles. The highest BCUT2D eigenvalue weighted by Gasteiger charge is 2.27. The summed E-state index contributed by atoms with van der Waals surface area (Å²) in [7, 11) is 0. The van der Waals surface area contributed by atoms with E-state index in [1.807, 2.05) is 9.80 Å². The molecular formula is C11H22N4O. The summed E-state index contributed by atoms with van der Waals surface area (Å²) in [4.78, 5) is 18.3. The van der Waals surface area contributed by atoms with Crippen LogP contribution in [-0.2, 0) is 0 Å². The number of likely N-dealkylation sites (N-methyl/N-ethyl adjacent to an activating group) is 1. The van der Waals surface area contributed by atoms with Crippen LogP contribution in [0.25, 0.3) is 0 Å². The Morgan fingerprint density at radius 2 is 1.62 bits per heavy atom. The van der Waals surface area contributed by atoms with E-state index in [0.29, 0.717) is 0 Å². The van der Waals surface area contributed by atoms with Crippen LogP contribution in [0.15, 0.2) is 0 Å². The van der Waals surface area contributed by atoms with Gasteiger partial charge in [0, 0.05) is 52.4 Å². The molecule has 2 fully saturated rings. The summed E-state index contributed by atoms with van der Waals surface area (Å²) in [5, 5.41) is 3.40. The van der Waals surface area contributed by atoms with Crippen molar-refractivity contribution in [3.8, 4) is 0 Å². The van der Waals surface area contributed by atoms with Gasteiger partial charge in [0.2, 0.25) is 0 Å². The molecule has 0 aromatic heterocycles. The van der Waals surface area contributed by atoms with Gasteiger partial charge in [-0.15, -0.1) is 0 Å². The van der Waals surface area contributed by atoms with Gasteiger partial charge in [-0.2, -0.15) is 0 Å². The molecule has 5 heteroatoms. The first-order valence-electron chi connectivity index (χ1n) is 6.28. The van der Waals surface area contributed by atoms with Crippen molar-refractivity contribution in [2.75, 3.05) is 58.9 Å². The summed E-state index contributed by atoms with van der Waals surface area (Å²) < 4.78 is 0. The second-order valence-electron chi connectivity index (χ2n) is 4.44. The van der Waals surface area contributed by atoms with Gasteiger partial charge in [0.05, 0.1) is 0 Å². The lowest BCUT2D eigenvalue weighted by Crippen LogP contribution is -2.38. The lowest BCUT2D eigenvalue weighted by atomic mass is 10.4. The number of hydrogen-bond donors (Lipinski definition) is 1. The number of urea groups is 1. The molecule has 5 nitrogen and oxygen atoms in total. The fraction of sp³-hybridized carbons (Fsp3) is 0.909. The van der Waals surface area contributed by atoms with Gasteiger partial charge in [0.25, 0.3) is 0 Å². The molecule has 2 bridgehead atoms. The van der Waals surface area contributed by atoms with E-state index in [-0.39, 0.29) is 6.03 Å². The third-order valence-corrected chi connectivity index (χ3v) is 3.48. The first-order chi connectivity index (χ1) is 7.81. The molecule has 0 atom stereocenters. The van der Waals surface area contributed by atoms with Gasteiger partial charge < -0.3 is 20.0 Å². The molecule has 2 rings (SSSR count). The largest absolute Gasteiger partial charge is 0.322 e. The van der Waals surface area contributed by atoms with E-state index in [4.69, 9.17) is 0 Å². The minimum Gasteiger partial charge on any atom is -0.322 e. The Labute approximate surface area is 97.4 Å². The van der Waals surface area contributed by atoms with E-state index >= 15 is 0 Å². The predicted molar refractivity (Wildman–Crippen MR) is 63.5 cm³/mol. The van der Waals surface area contributed by atoms with Gasteiger partial charge in [-0.3, -0.25) is 0 Å². The highest BCUT2D eigenvalue weighted by Crippen LogP contribution is 2.08. The molecule has 16 heavy (non-hydrogen) atoms.